The van der Waals surface area contributed by atoms with E-state index in [1.165, 1.54) is 0 Å². The second-order valence-electron chi connectivity index (χ2n) is 4.41. The molecule has 92 valence electrons. The van der Waals surface area contributed by atoms with Crippen molar-refractivity contribution in [2.24, 2.45) is 7.05 Å². The van der Waals surface area contributed by atoms with Crippen LogP contribution in [-0.4, -0.2) is 10.4 Å². The van der Waals surface area contributed by atoms with E-state index in [1.54, 1.807) is 0 Å². The standard InChI is InChI=1S/C16H17NO/c1-3-4-5-6-11-16(18)14-12-17(2)15-10-8-7-9-13(14)15/h7-10,12H,3-5H2,1-2H3. The lowest BCUT2D eigenvalue weighted by atomic mass is 10.1. The van der Waals surface area contributed by atoms with Gasteiger partial charge in [-0.2, -0.15) is 0 Å². The summed E-state index contributed by atoms with van der Waals surface area (Å²) >= 11 is 0. The number of hydrogen-bond donors (Lipinski definition) is 0. The van der Waals surface area contributed by atoms with Gasteiger partial charge in [0.15, 0.2) is 0 Å². The molecular weight excluding hydrogens is 222 g/mol. The molecule has 0 spiro atoms. The van der Waals surface area contributed by atoms with Crippen LogP contribution in [0.2, 0.25) is 0 Å². The normalized spacial score (nSPS) is 10.1. The molecule has 0 bridgehead atoms. The predicted molar refractivity (Wildman–Crippen MR) is 74.6 cm³/mol. The van der Waals surface area contributed by atoms with E-state index in [-0.39, 0.29) is 5.78 Å². The molecule has 1 aromatic carbocycles. The fourth-order valence-electron chi connectivity index (χ4n) is 2.00. The third-order valence-electron chi connectivity index (χ3n) is 3.00. The minimum absolute atomic E-state index is 0.0806. The van der Waals surface area contributed by atoms with Crippen molar-refractivity contribution in [3.8, 4) is 11.8 Å². The summed E-state index contributed by atoms with van der Waals surface area (Å²) in [5.74, 6) is 5.61. The highest BCUT2D eigenvalue weighted by Crippen LogP contribution is 2.20. The van der Waals surface area contributed by atoms with Gasteiger partial charge in [-0.25, -0.2) is 0 Å². The number of fused-ring (bicyclic) bond motifs is 1. The van der Waals surface area contributed by atoms with Crippen molar-refractivity contribution in [1.29, 1.82) is 0 Å². The molecule has 0 radical (unpaired) electrons. The Labute approximate surface area is 108 Å². The van der Waals surface area contributed by atoms with Crippen molar-refractivity contribution in [3.63, 3.8) is 0 Å². The van der Waals surface area contributed by atoms with Crippen LogP contribution in [0.3, 0.4) is 0 Å². The predicted octanol–water partition coefficient (Wildman–Crippen LogP) is 3.55. The van der Waals surface area contributed by atoms with Crippen LogP contribution in [0.15, 0.2) is 30.5 Å². The molecule has 2 aromatic rings. The molecule has 18 heavy (non-hydrogen) atoms. The van der Waals surface area contributed by atoms with Crippen molar-refractivity contribution < 1.29 is 4.79 Å². The lowest BCUT2D eigenvalue weighted by Gasteiger charge is -1.93. The van der Waals surface area contributed by atoms with Gasteiger partial charge in [0.2, 0.25) is 5.78 Å². The fourth-order valence-corrected chi connectivity index (χ4v) is 2.00. The molecule has 2 nitrogen and oxygen atoms in total. The molecule has 0 amide bonds. The molecule has 0 aliphatic carbocycles. The number of carbonyl (C=O) groups is 1. The first-order valence-corrected chi connectivity index (χ1v) is 6.31. The van der Waals surface area contributed by atoms with Gasteiger partial charge in [0.25, 0.3) is 0 Å². The summed E-state index contributed by atoms with van der Waals surface area (Å²) in [5, 5.41) is 0.981. The first-order valence-electron chi connectivity index (χ1n) is 6.31. The Morgan fingerprint density at radius 2 is 2.11 bits per heavy atom. The molecule has 0 fully saturated rings. The van der Waals surface area contributed by atoms with E-state index in [0.717, 1.165) is 30.2 Å². The summed E-state index contributed by atoms with van der Waals surface area (Å²) in [4.78, 5) is 12.0. The Balaban J connectivity index is 2.30. The molecule has 2 heteroatoms. The Bertz CT molecular complexity index is 625. The molecule has 2 rings (SSSR count). The van der Waals surface area contributed by atoms with Crippen LogP contribution in [-0.2, 0) is 7.05 Å². The second-order valence-corrected chi connectivity index (χ2v) is 4.41. The SMILES string of the molecule is CCCCC#CC(=O)c1cn(C)c2ccccc12. The number of carbonyl (C=O) groups excluding carboxylic acids is 1. The average molecular weight is 239 g/mol. The third kappa shape index (κ3) is 2.46. The van der Waals surface area contributed by atoms with Crippen molar-refractivity contribution in [3.05, 3.63) is 36.0 Å². The lowest BCUT2D eigenvalue weighted by molar-refractivity contribution is 0.105. The Kier molecular flexibility index (Phi) is 3.84. The van der Waals surface area contributed by atoms with Gasteiger partial charge in [-0.05, 0) is 18.4 Å². The van der Waals surface area contributed by atoms with Crippen molar-refractivity contribution in [1.82, 2.24) is 4.57 Å². The number of nitrogens with zero attached hydrogens (tertiary/aromatic N) is 1. The van der Waals surface area contributed by atoms with E-state index < -0.39 is 0 Å². The number of para-hydroxylation sites is 1. The number of ketones is 1. The van der Waals surface area contributed by atoms with Crippen LogP contribution in [0.1, 0.15) is 36.5 Å². The van der Waals surface area contributed by atoms with Crippen LogP contribution in [0.5, 0.6) is 0 Å². The number of Topliss-reactive ketones (excluding diaryl/α,β-unsaturated/α-hetero) is 1. The molecule has 0 unspecified atom stereocenters. The second kappa shape index (κ2) is 5.55. The maximum Gasteiger partial charge on any atom is 0.238 e. The number of aryl methyl sites for hydroxylation is 1. The van der Waals surface area contributed by atoms with Gasteiger partial charge in [-0.3, -0.25) is 4.79 Å². The summed E-state index contributed by atoms with van der Waals surface area (Å²) in [6, 6.07) is 7.90. The Morgan fingerprint density at radius 1 is 1.33 bits per heavy atom. The van der Waals surface area contributed by atoms with Gasteiger partial charge in [0.05, 0.1) is 5.56 Å². The van der Waals surface area contributed by atoms with Crippen LogP contribution < -0.4 is 0 Å². The van der Waals surface area contributed by atoms with Crippen LogP contribution >= 0.6 is 0 Å². The molecule has 0 aliphatic rings. The van der Waals surface area contributed by atoms with E-state index >= 15 is 0 Å². The Hall–Kier alpha value is -2.01. The highest BCUT2D eigenvalue weighted by molar-refractivity contribution is 6.16. The zero-order valence-corrected chi connectivity index (χ0v) is 10.9. The topological polar surface area (TPSA) is 22.0 Å². The Morgan fingerprint density at radius 3 is 2.89 bits per heavy atom. The van der Waals surface area contributed by atoms with Gasteiger partial charge in [-0.1, -0.05) is 37.5 Å². The average Bonchev–Trinajstić information content (AvgIpc) is 2.73. The number of rotatable bonds is 3. The number of benzene rings is 1. The van der Waals surface area contributed by atoms with Crippen molar-refractivity contribution in [2.75, 3.05) is 0 Å². The van der Waals surface area contributed by atoms with Gasteiger partial charge in [0.1, 0.15) is 0 Å². The van der Waals surface area contributed by atoms with Gasteiger partial charge in [0, 0.05) is 30.6 Å². The van der Waals surface area contributed by atoms with E-state index in [1.807, 2.05) is 42.1 Å². The first kappa shape index (κ1) is 12.4. The number of aromatic nitrogens is 1. The number of hydrogen-bond acceptors (Lipinski definition) is 1. The van der Waals surface area contributed by atoms with Crippen LogP contribution in [0, 0.1) is 11.8 Å². The van der Waals surface area contributed by atoms with Crippen molar-refractivity contribution >= 4 is 16.7 Å². The zero-order valence-electron chi connectivity index (χ0n) is 10.9. The van der Waals surface area contributed by atoms with E-state index in [2.05, 4.69) is 18.8 Å². The largest absolute Gasteiger partial charge is 0.350 e. The quantitative estimate of drug-likeness (QED) is 0.347. The summed E-state index contributed by atoms with van der Waals surface area (Å²) in [5.41, 5.74) is 1.77. The molecule has 1 aromatic heterocycles. The molecule has 1 heterocycles. The molecule has 0 saturated heterocycles. The van der Waals surface area contributed by atoms with Gasteiger partial charge in [-0.15, -0.1) is 0 Å². The van der Waals surface area contributed by atoms with Gasteiger partial charge >= 0.3 is 0 Å². The highest BCUT2D eigenvalue weighted by atomic mass is 16.1. The fraction of sp³-hybridized carbons (Fsp3) is 0.312. The molecule has 0 aliphatic heterocycles. The van der Waals surface area contributed by atoms with E-state index in [0.29, 0.717) is 5.56 Å². The minimum Gasteiger partial charge on any atom is -0.350 e. The summed E-state index contributed by atoms with van der Waals surface area (Å²) < 4.78 is 1.97. The summed E-state index contributed by atoms with van der Waals surface area (Å²) in [7, 11) is 1.95. The van der Waals surface area contributed by atoms with Gasteiger partial charge < -0.3 is 4.57 Å². The van der Waals surface area contributed by atoms with Crippen molar-refractivity contribution in [2.45, 2.75) is 26.2 Å². The molecule has 0 saturated carbocycles. The number of unbranched alkanes of at least 4 members (excludes halogenated alkanes) is 2. The minimum atomic E-state index is -0.0806. The monoisotopic (exact) mass is 239 g/mol. The van der Waals surface area contributed by atoms with E-state index in [4.69, 9.17) is 0 Å². The summed E-state index contributed by atoms with van der Waals surface area (Å²) in [6.07, 6.45) is 4.82. The molecular formula is C16H17NO. The maximum atomic E-state index is 12.0. The molecule has 0 atom stereocenters. The highest BCUT2D eigenvalue weighted by Gasteiger charge is 2.10. The van der Waals surface area contributed by atoms with Crippen LogP contribution in [0.4, 0.5) is 0 Å². The smallest absolute Gasteiger partial charge is 0.238 e. The third-order valence-corrected chi connectivity index (χ3v) is 3.00. The summed E-state index contributed by atoms with van der Waals surface area (Å²) in [6.45, 7) is 2.12. The van der Waals surface area contributed by atoms with Crippen LogP contribution in [0.25, 0.3) is 10.9 Å². The maximum absolute atomic E-state index is 12.0. The molecule has 0 N–H and O–H groups in total. The lowest BCUT2D eigenvalue weighted by Crippen LogP contribution is -1.93. The zero-order chi connectivity index (χ0) is 13.0. The van der Waals surface area contributed by atoms with E-state index in [9.17, 15) is 4.79 Å². The first-order chi connectivity index (χ1) is 8.74.